The molecular weight excluding hydrogens is 272 g/mol. The zero-order valence-corrected chi connectivity index (χ0v) is 12.9. The van der Waals surface area contributed by atoms with Crippen LogP contribution in [0.3, 0.4) is 0 Å². The second-order valence-electron chi connectivity index (χ2n) is 5.34. The number of nitrogens with zero attached hydrogens (tertiary/aromatic N) is 2. The summed E-state index contributed by atoms with van der Waals surface area (Å²) in [5.41, 5.74) is 6.57. The van der Waals surface area contributed by atoms with Gasteiger partial charge in [-0.15, -0.1) is 11.3 Å². The van der Waals surface area contributed by atoms with Crippen molar-refractivity contribution in [3.8, 4) is 0 Å². The molecule has 1 fully saturated rings. The second-order valence-corrected chi connectivity index (χ2v) is 6.40. The zero-order chi connectivity index (χ0) is 14.4. The first-order valence-electron chi connectivity index (χ1n) is 7.30. The minimum Gasteiger partial charge on any atom is -0.356 e. The van der Waals surface area contributed by atoms with Crippen LogP contribution in [0.25, 0.3) is 0 Å². The molecule has 0 spiro atoms. The molecule has 3 N–H and O–H groups in total. The molecule has 1 saturated heterocycles. The van der Waals surface area contributed by atoms with Crippen LogP contribution >= 0.6 is 11.3 Å². The number of nitrogens with two attached hydrogens (primary N) is 1. The summed E-state index contributed by atoms with van der Waals surface area (Å²) >= 11 is 1.70. The molecule has 1 aromatic rings. The van der Waals surface area contributed by atoms with Crippen molar-refractivity contribution in [1.29, 1.82) is 0 Å². The van der Waals surface area contributed by atoms with Gasteiger partial charge in [0.25, 0.3) is 0 Å². The molecule has 112 valence electrons. The van der Waals surface area contributed by atoms with E-state index in [0.29, 0.717) is 13.1 Å². The normalized spacial score (nSPS) is 17.3. The fourth-order valence-electron chi connectivity index (χ4n) is 2.52. The lowest BCUT2D eigenvalue weighted by molar-refractivity contribution is -0.126. The summed E-state index contributed by atoms with van der Waals surface area (Å²) in [6, 6.07) is 0. The number of carbonyl (C=O) groups is 1. The maximum absolute atomic E-state index is 12.0. The van der Waals surface area contributed by atoms with Gasteiger partial charge in [0.1, 0.15) is 0 Å². The minimum atomic E-state index is 0.168. The van der Waals surface area contributed by atoms with E-state index in [-0.39, 0.29) is 11.8 Å². The molecule has 0 saturated carbocycles. The molecule has 20 heavy (non-hydrogen) atoms. The topological polar surface area (TPSA) is 71.2 Å². The minimum absolute atomic E-state index is 0.168. The summed E-state index contributed by atoms with van der Waals surface area (Å²) in [6.07, 6.45) is 2.74. The van der Waals surface area contributed by atoms with E-state index in [0.717, 1.165) is 49.6 Å². The van der Waals surface area contributed by atoms with Crippen LogP contribution in [0.2, 0.25) is 0 Å². The Kier molecular flexibility index (Phi) is 5.94. The van der Waals surface area contributed by atoms with Gasteiger partial charge in [-0.3, -0.25) is 9.69 Å². The van der Waals surface area contributed by atoms with Gasteiger partial charge in [-0.2, -0.15) is 0 Å². The molecular formula is C14H24N4OS. The van der Waals surface area contributed by atoms with E-state index >= 15 is 0 Å². The third kappa shape index (κ3) is 4.54. The first-order chi connectivity index (χ1) is 9.69. The monoisotopic (exact) mass is 296 g/mol. The number of likely N-dealkylation sites (tertiary alicyclic amines) is 1. The van der Waals surface area contributed by atoms with Crippen LogP contribution in [-0.2, 0) is 11.3 Å². The summed E-state index contributed by atoms with van der Waals surface area (Å²) in [6.45, 7) is 6.23. The van der Waals surface area contributed by atoms with Gasteiger partial charge in [0.15, 0.2) is 0 Å². The molecule has 0 atom stereocenters. The van der Waals surface area contributed by atoms with E-state index in [9.17, 15) is 4.79 Å². The lowest BCUT2D eigenvalue weighted by atomic mass is 9.96. The highest BCUT2D eigenvalue weighted by atomic mass is 32.1. The highest BCUT2D eigenvalue weighted by Crippen LogP contribution is 2.19. The average molecular weight is 296 g/mol. The quantitative estimate of drug-likeness (QED) is 0.772. The molecule has 5 nitrogen and oxygen atoms in total. The fourth-order valence-corrected chi connectivity index (χ4v) is 3.13. The fraction of sp³-hybridized carbons (Fsp3) is 0.714. The summed E-state index contributed by atoms with van der Waals surface area (Å²) in [7, 11) is 0. The number of nitrogens with one attached hydrogen (secondary N) is 1. The number of aromatic nitrogens is 1. The van der Waals surface area contributed by atoms with Crippen molar-refractivity contribution in [1.82, 2.24) is 15.2 Å². The van der Waals surface area contributed by atoms with Gasteiger partial charge in [-0.05, 0) is 45.8 Å². The third-order valence-electron chi connectivity index (χ3n) is 3.69. The summed E-state index contributed by atoms with van der Waals surface area (Å²) in [4.78, 5) is 18.8. The van der Waals surface area contributed by atoms with Gasteiger partial charge < -0.3 is 11.1 Å². The van der Waals surface area contributed by atoms with Crippen molar-refractivity contribution in [3.63, 3.8) is 0 Å². The Morgan fingerprint density at radius 3 is 2.90 bits per heavy atom. The third-order valence-corrected chi connectivity index (χ3v) is 4.51. The summed E-state index contributed by atoms with van der Waals surface area (Å²) in [5, 5.41) is 6.22. The van der Waals surface area contributed by atoms with Crippen LogP contribution in [0.15, 0.2) is 5.38 Å². The van der Waals surface area contributed by atoms with Crippen molar-refractivity contribution < 1.29 is 4.79 Å². The van der Waals surface area contributed by atoms with Gasteiger partial charge in [0.2, 0.25) is 5.91 Å². The van der Waals surface area contributed by atoms with E-state index in [1.807, 2.05) is 6.92 Å². The van der Waals surface area contributed by atoms with E-state index in [1.54, 1.807) is 11.3 Å². The van der Waals surface area contributed by atoms with Crippen molar-refractivity contribution in [2.24, 2.45) is 11.7 Å². The molecule has 1 amide bonds. The molecule has 6 heteroatoms. The Hall–Kier alpha value is -0.980. The Bertz CT molecular complexity index is 427. The molecule has 0 unspecified atom stereocenters. The largest absolute Gasteiger partial charge is 0.356 e. The van der Waals surface area contributed by atoms with Gasteiger partial charge in [-0.1, -0.05) is 0 Å². The number of carbonyl (C=O) groups excluding carboxylic acids is 1. The SMILES string of the molecule is Cc1nc(CN2CCC(C(=O)NCCCN)CC2)cs1. The molecule has 0 aliphatic carbocycles. The zero-order valence-electron chi connectivity index (χ0n) is 12.1. The molecule has 0 radical (unpaired) electrons. The molecule has 0 aromatic carbocycles. The van der Waals surface area contributed by atoms with E-state index in [4.69, 9.17) is 5.73 Å². The van der Waals surface area contributed by atoms with Gasteiger partial charge in [0, 0.05) is 24.4 Å². The Balaban J connectivity index is 1.70. The second kappa shape index (κ2) is 7.71. The maximum atomic E-state index is 12.0. The highest BCUT2D eigenvalue weighted by molar-refractivity contribution is 7.09. The first-order valence-corrected chi connectivity index (χ1v) is 8.18. The maximum Gasteiger partial charge on any atom is 0.223 e. The number of hydrogen-bond acceptors (Lipinski definition) is 5. The Labute approximate surface area is 124 Å². The van der Waals surface area contributed by atoms with Crippen molar-refractivity contribution in [2.45, 2.75) is 32.7 Å². The molecule has 2 heterocycles. The lowest BCUT2D eigenvalue weighted by Gasteiger charge is -2.30. The van der Waals surface area contributed by atoms with Crippen LogP contribution in [-0.4, -0.2) is 42.0 Å². The smallest absolute Gasteiger partial charge is 0.223 e. The van der Waals surface area contributed by atoms with Crippen LogP contribution < -0.4 is 11.1 Å². The molecule has 0 bridgehead atoms. The van der Waals surface area contributed by atoms with Crippen molar-refractivity contribution >= 4 is 17.2 Å². The Morgan fingerprint density at radius 1 is 1.55 bits per heavy atom. The van der Waals surface area contributed by atoms with Gasteiger partial charge in [-0.25, -0.2) is 4.98 Å². The first kappa shape index (κ1) is 15.4. The highest BCUT2D eigenvalue weighted by Gasteiger charge is 2.24. The molecule has 1 aromatic heterocycles. The molecule has 2 rings (SSSR count). The number of amides is 1. The van der Waals surface area contributed by atoms with Crippen molar-refractivity contribution in [2.75, 3.05) is 26.2 Å². The van der Waals surface area contributed by atoms with Gasteiger partial charge in [0.05, 0.1) is 10.7 Å². The number of aryl methyl sites for hydroxylation is 1. The Morgan fingerprint density at radius 2 is 2.30 bits per heavy atom. The number of piperidine rings is 1. The van der Waals surface area contributed by atoms with Crippen LogP contribution in [0.4, 0.5) is 0 Å². The lowest BCUT2D eigenvalue weighted by Crippen LogP contribution is -2.40. The van der Waals surface area contributed by atoms with Crippen LogP contribution in [0, 0.1) is 12.8 Å². The molecule has 1 aliphatic heterocycles. The average Bonchev–Trinajstić information content (AvgIpc) is 2.85. The summed E-state index contributed by atoms with van der Waals surface area (Å²) in [5.74, 6) is 0.365. The van der Waals surface area contributed by atoms with Crippen LogP contribution in [0.5, 0.6) is 0 Å². The van der Waals surface area contributed by atoms with E-state index in [2.05, 4.69) is 20.6 Å². The van der Waals surface area contributed by atoms with E-state index in [1.165, 1.54) is 0 Å². The van der Waals surface area contributed by atoms with E-state index < -0.39 is 0 Å². The summed E-state index contributed by atoms with van der Waals surface area (Å²) < 4.78 is 0. The number of hydrogen-bond donors (Lipinski definition) is 2. The molecule has 1 aliphatic rings. The van der Waals surface area contributed by atoms with Crippen LogP contribution in [0.1, 0.15) is 30.0 Å². The predicted octanol–water partition coefficient (Wildman–Crippen LogP) is 1.13. The predicted molar refractivity (Wildman–Crippen MR) is 81.5 cm³/mol. The number of thiazole rings is 1. The number of rotatable bonds is 6. The van der Waals surface area contributed by atoms with Gasteiger partial charge >= 0.3 is 0 Å². The van der Waals surface area contributed by atoms with Crippen molar-refractivity contribution in [3.05, 3.63) is 16.1 Å². The standard InChI is InChI=1S/C14H24N4OS/c1-11-17-13(10-20-11)9-18-7-3-12(4-8-18)14(19)16-6-2-5-15/h10,12H,2-9,15H2,1H3,(H,16,19).